The summed E-state index contributed by atoms with van der Waals surface area (Å²) in [5.74, 6) is 0.740. The van der Waals surface area contributed by atoms with Crippen LogP contribution in [0.2, 0.25) is 0 Å². The second-order valence-electron chi connectivity index (χ2n) is 4.18. The first-order chi connectivity index (χ1) is 6.09. The molecule has 74 valence electrons. The van der Waals surface area contributed by atoms with Crippen molar-refractivity contribution in [1.82, 2.24) is 15.0 Å². The third-order valence-electron chi connectivity index (χ3n) is 2.00. The van der Waals surface area contributed by atoms with Crippen molar-refractivity contribution in [3.8, 4) is 0 Å². The Kier molecular flexibility index (Phi) is 3.46. The number of aromatic nitrogens is 3. The van der Waals surface area contributed by atoms with Gasteiger partial charge in [0.25, 0.3) is 0 Å². The van der Waals surface area contributed by atoms with Crippen molar-refractivity contribution in [3.63, 3.8) is 0 Å². The lowest BCUT2D eigenvalue weighted by Gasteiger charge is -2.02. The van der Waals surface area contributed by atoms with Crippen LogP contribution in [-0.2, 0) is 6.42 Å². The van der Waals surface area contributed by atoms with Gasteiger partial charge in [-0.05, 0) is 32.6 Å². The fourth-order valence-electron chi connectivity index (χ4n) is 1.11. The number of hydrogen-bond acceptors (Lipinski definition) is 2. The van der Waals surface area contributed by atoms with Crippen LogP contribution in [0.4, 0.5) is 0 Å². The molecule has 0 saturated carbocycles. The zero-order chi connectivity index (χ0) is 9.84. The molecule has 0 aliphatic heterocycles. The summed E-state index contributed by atoms with van der Waals surface area (Å²) in [5, 5.41) is 8.59. The van der Waals surface area contributed by atoms with Gasteiger partial charge in [-0.15, -0.1) is 0 Å². The fraction of sp³-hybridized carbons (Fsp3) is 0.800. The third-order valence-corrected chi connectivity index (χ3v) is 2.00. The quantitative estimate of drug-likeness (QED) is 0.714. The van der Waals surface area contributed by atoms with Gasteiger partial charge in [0, 0.05) is 0 Å². The van der Waals surface area contributed by atoms with Crippen molar-refractivity contribution in [2.45, 2.75) is 46.6 Å². The van der Waals surface area contributed by atoms with Crippen molar-refractivity contribution in [2.24, 2.45) is 5.92 Å². The maximum absolute atomic E-state index is 4.39. The molecule has 0 bridgehead atoms. The lowest BCUT2D eigenvalue weighted by atomic mass is 10.1. The van der Waals surface area contributed by atoms with E-state index in [0.717, 1.165) is 18.0 Å². The Hall–Kier alpha value is -0.860. The Balaban J connectivity index is 2.49. The predicted octanol–water partition coefficient (Wildman–Crippen LogP) is 2.45. The van der Waals surface area contributed by atoms with Crippen LogP contribution in [0.3, 0.4) is 0 Å². The Labute approximate surface area is 80.1 Å². The van der Waals surface area contributed by atoms with E-state index >= 15 is 0 Å². The first-order valence-corrected chi connectivity index (χ1v) is 5.00. The molecule has 1 heterocycles. The number of nitrogens with zero attached hydrogens (tertiary/aromatic N) is 3. The van der Waals surface area contributed by atoms with Crippen LogP contribution in [0.5, 0.6) is 0 Å². The summed E-state index contributed by atoms with van der Waals surface area (Å²) in [6, 6.07) is 0.368. The minimum absolute atomic E-state index is 0.368. The molecule has 0 spiro atoms. The molecule has 0 radical (unpaired) electrons. The second kappa shape index (κ2) is 4.40. The molecule has 13 heavy (non-hydrogen) atoms. The summed E-state index contributed by atoms with van der Waals surface area (Å²) >= 11 is 0. The van der Waals surface area contributed by atoms with Gasteiger partial charge < -0.3 is 0 Å². The first kappa shape index (κ1) is 10.2. The molecule has 1 aromatic heterocycles. The molecule has 0 unspecified atom stereocenters. The van der Waals surface area contributed by atoms with Crippen LogP contribution in [0, 0.1) is 5.92 Å². The van der Waals surface area contributed by atoms with Crippen molar-refractivity contribution in [1.29, 1.82) is 0 Å². The summed E-state index contributed by atoms with van der Waals surface area (Å²) in [6.45, 7) is 8.64. The number of hydrogen-bond donors (Lipinski definition) is 0. The number of rotatable bonds is 4. The molecule has 0 aromatic carbocycles. The highest BCUT2D eigenvalue weighted by Gasteiger charge is 2.03. The Bertz CT molecular complexity index is 250. The number of aryl methyl sites for hydroxylation is 1. The van der Waals surface area contributed by atoms with E-state index in [1.807, 2.05) is 6.20 Å². The maximum atomic E-state index is 4.39. The van der Waals surface area contributed by atoms with E-state index < -0.39 is 0 Å². The largest absolute Gasteiger partial charge is 0.182 e. The Morgan fingerprint density at radius 3 is 2.46 bits per heavy atom. The van der Waals surface area contributed by atoms with Gasteiger partial charge in [-0.25, -0.2) is 0 Å². The average Bonchev–Trinajstić information content (AvgIpc) is 2.48. The highest BCUT2D eigenvalue weighted by molar-refractivity contribution is 4.91. The summed E-state index contributed by atoms with van der Waals surface area (Å²) in [6.07, 6.45) is 4.11. The van der Waals surface area contributed by atoms with E-state index in [-0.39, 0.29) is 0 Å². The van der Waals surface area contributed by atoms with Crippen LogP contribution in [0.25, 0.3) is 0 Å². The second-order valence-corrected chi connectivity index (χ2v) is 4.18. The molecule has 1 aromatic rings. The van der Waals surface area contributed by atoms with E-state index in [0.29, 0.717) is 6.04 Å². The molecule has 0 amide bonds. The summed E-state index contributed by atoms with van der Waals surface area (Å²) < 4.78 is 0. The average molecular weight is 181 g/mol. The lowest BCUT2D eigenvalue weighted by Crippen LogP contribution is -2.05. The Morgan fingerprint density at radius 2 is 2.00 bits per heavy atom. The topological polar surface area (TPSA) is 30.7 Å². The molecular weight excluding hydrogens is 162 g/mol. The fourth-order valence-corrected chi connectivity index (χ4v) is 1.11. The normalized spacial score (nSPS) is 11.5. The van der Waals surface area contributed by atoms with Gasteiger partial charge in [0.15, 0.2) is 0 Å². The predicted molar refractivity (Wildman–Crippen MR) is 53.6 cm³/mol. The lowest BCUT2D eigenvalue weighted by molar-refractivity contribution is 0.460. The molecule has 0 N–H and O–H groups in total. The standard InChI is InChI=1S/C10H19N3/c1-8(2)5-6-10-7-11-13(12-10)9(3)4/h7-9H,5-6H2,1-4H3. The zero-order valence-corrected chi connectivity index (χ0v) is 8.99. The van der Waals surface area contributed by atoms with Crippen LogP contribution >= 0.6 is 0 Å². The monoisotopic (exact) mass is 181 g/mol. The van der Waals surface area contributed by atoms with Gasteiger partial charge >= 0.3 is 0 Å². The van der Waals surface area contributed by atoms with Crippen LogP contribution < -0.4 is 0 Å². The molecule has 0 saturated heterocycles. The van der Waals surface area contributed by atoms with E-state index in [1.54, 1.807) is 4.80 Å². The smallest absolute Gasteiger partial charge is 0.0827 e. The van der Waals surface area contributed by atoms with Gasteiger partial charge in [0.2, 0.25) is 0 Å². The van der Waals surface area contributed by atoms with Gasteiger partial charge in [0.1, 0.15) is 0 Å². The van der Waals surface area contributed by atoms with E-state index in [1.165, 1.54) is 6.42 Å². The van der Waals surface area contributed by atoms with E-state index in [2.05, 4.69) is 37.9 Å². The van der Waals surface area contributed by atoms with Crippen LogP contribution in [-0.4, -0.2) is 15.0 Å². The molecule has 3 nitrogen and oxygen atoms in total. The van der Waals surface area contributed by atoms with Gasteiger partial charge in [-0.1, -0.05) is 13.8 Å². The van der Waals surface area contributed by atoms with Crippen LogP contribution in [0.15, 0.2) is 6.20 Å². The molecule has 1 rings (SSSR count). The van der Waals surface area contributed by atoms with Gasteiger partial charge in [0.05, 0.1) is 17.9 Å². The maximum Gasteiger partial charge on any atom is 0.0827 e. The van der Waals surface area contributed by atoms with Gasteiger partial charge in [-0.2, -0.15) is 15.0 Å². The molecule has 0 atom stereocenters. The minimum Gasteiger partial charge on any atom is -0.182 e. The van der Waals surface area contributed by atoms with Crippen molar-refractivity contribution in [2.75, 3.05) is 0 Å². The molecule has 3 heteroatoms. The van der Waals surface area contributed by atoms with Crippen molar-refractivity contribution < 1.29 is 0 Å². The van der Waals surface area contributed by atoms with Crippen LogP contribution in [0.1, 0.15) is 45.9 Å². The summed E-state index contributed by atoms with van der Waals surface area (Å²) in [7, 11) is 0. The highest BCUT2D eigenvalue weighted by atomic mass is 15.5. The third kappa shape index (κ3) is 3.17. The molecule has 0 fully saturated rings. The highest BCUT2D eigenvalue weighted by Crippen LogP contribution is 2.07. The zero-order valence-electron chi connectivity index (χ0n) is 8.99. The van der Waals surface area contributed by atoms with Gasteiger partial charge in [-0.3, -0.25) is 0 Å². The van der Waals surface area contributed by atoms with Crippen molar-refractivity contribution >= 4 is 0 Å². The SMILES string of the molecule is CC(C)CCc1cnn(C(C)C)n1. The molecule has 0 aliphatic carbocycles. The van der Waals surface area contributed by atoms with E-state index in [9.17, 15) is 0 Å². The summed E-state index contributed by atoms with van der Waals surface area (Å²) in [5.41, 5.74) is 1.11. The van der Waals surface area contributed by atoms with E-state index in [4.69, 9.17) is 0 Å². The molecular formula is C10H19N3. The van der Waals surface area contributed by atoms with Crippen molar-refractivity contribution in [3.05, 3.63) is 11.9 Å². The Morgan fingerprint density at radius 1 is 1.31 bits per heavy atom. The summed E-state index contributed by atoms with van der Waals surface area (Å²) in [4.78, 5) is 1.77. The first-order valence-electron chi connectivity index (χ1n) is 5.00. The molecule has 0 aliphatic rings. The minimum atomic E-state index is 0.368.